The number of rotatable bonds is 4. The molecule has 1 saturated carbocycles. The molecule has 4 rings (SSSR count). The van der Waals surface area contributed by atoms with Gasteiger partial charge >= 0.3 is 5.97 Å². The maximum absolute atomic E-state index is 12.8. The summed E-state index contributed by atoms with van der Waals surface area (Å²) >= 11 is 1.40. The smallest absolute Gasteiger partial charge is 0.306 e. The molecule has 0 radical (unpaired) electrons. The maximum atomic E-state index is 12.8. The molecule has 25 heavy (non-hydrogen) atoms. The summed E-state index contributed by atoms with van der Waals surface area (Å²) in [5.74, 6) is -0.644. The summed E-state index contributed by atoms with van der Waals surface area (Å²) in [6.45, 7) is 0. The molecule has 1 aromatic heterocycles. The standard InChI is InChI=1S/C20H19NO3S/c22-18(16-10-9-12-3-1-2-4-15(12)16)19-21-17(11-25-19)13-5-7-14(8-6-13)20(23)24/h1-4,10-11,13-14H,5-9H2,(H,23,24). The number of carboxylic acid groups (broad SMARTS) is 1. The number of Topliss-reactive ketones (excluding diaryl/α,β-unsaturated/α-hetero) is 1. The van der Waals surface area contributed by atoms with Gasteiger partial charge in [-0.25, -0.2) is 4.98 Å². The van der Waals surface area contributed by atoms with Crippen molar-refractivity contribution in [2.24, 2.45) is 5.92 Å². The van der Waals surface area contributed by atoms with Gasteiger partial charge in [-0.3, -0.25) is 9.59 Å². The molecule has 2 aliphatic rings. The number of aliphatic carboxylic acids is 1. The van der Waals surface area contributed by atoms with Gasteiger partial charge in [-0.15, -0.1) is 11.3 Å². The molecule has 5 heteroatoms. The molecule has 4 nitrogen and oxygen atoms in total. The molecule has 0 aliphatic heterocycles. The van der Waals surface area contributed by atoms with Crippen molar-refractivity contribution < 1.29 is 14.7 Å². The van der Waals surface area contributed by atoms with Gasteiger partial charge in [0, 0.05) is 16.9 Å². The average molecular weight is 353 g/mol. The van der Waals surface area contributed by atoms with Crippen molar-refractivity contribution in [1.82, 2.24) is 4.98 Å². The number of hydrogen-bond acceptors (Lipinski definition) is 4. The highest BCUT2D eigenvalue weighted by Gasteiger charge is 2.29. The Balaban J connectivity index is 1.49. The van der Waals surface area contributed by atoms with E-state index >= 15 is 0 Å². The van der Waals surface area contributed by atoms with Crippen molar-refractivity contribution in [2.75, 3.05) is 0 Å². The largest absolute Gasteiger partial charge is 0.481 e. The molecular weight excluding hydrogens is 334 g/mol. The molecule has 1 aromatic carbocycles. The van der Waals surface area contributed by atoms with Crippen molar-refractivity contribution in [3.8, 4) is 0 Å². The van der Waals surface area contributed by atoms with Crippen LogP contribution in [0.2, 0.25) is 0 Å². The van der Waals surface area contributed by atoms with E-state index in [-0.39, 0.29) is 17.6 Å². The highest BCUT2D eigenvalue weighted by Crippen LogP contribution is 2.37. The van der Waals surface area contributed by atoms with E-state index < -0.39 is 5.97 Å². The monoisotopic (exact) mass is 353 g/mol. The molecule has 0 saturated heterocycles. The van der Waals surface area contributed by atoms with Gasteiger partial charge in [0.25, 0.3) is 0 Å². The number of nitrogens with zero attached hydrogens (tertiary/aromatic N) is 1. The number of aromatic nitrogens is 1. The number of carbonyl (C=O) groups is 2. The lowest BCUT2D eigenvalue weighted by Gasteiger charge is -2.24. The molecule has 0 bridgehead atoms. The van der Waals surface area contributed by atoms with Crippen LogP contribution in [-0.2, 0) is 11.2 Å². The van der Waals surface area contributed by atoms with Crippen LogP contribution in [0.4, 0.5) is 0 Å². The fourth-order valence-corrected chi connectivity index (χ4v) is 4.68. The van der Waals surface area contributed by atoms with Gasteiger partial charge < -0.3 is 5.11 Å². The number of ketones is 1. The van der Waals surface area contributed by atoms with Crippen LogP contribution < -0.4 is 0 Å². The van der Waals surface area contributed by atoms with Gasteiger partial charge in [-0.05, 0) is 43.2 Å². The number of thiazole rings is 1. The zero-order valence-corrected chi connectivity index (χ0v) is 14.6. The summed E-state index contributed by atoms with van der Waals surface area (Å²) in [6.07, 6.45) is 5.85. The van der Waals surface area contributed by atoms with Gasteiger partial charge in [-0.2, -0.15) is 0 Å². The van der Waals surface area contributed by atoms with Gasteiger partial charge in [0.1, 0.15) is 0 Å². The third-order valence-electron chi connectivity index (χ3n) is 5.29. The second kappa shape index (κ2) is 6.56. The van der Waals surface area contributed by atoms with Gasteiger partial charge in [0.05, 0.1) is 11.6 Å². The summed E-state index contributed by atoms with van der Waals surface area (Å²) in [5.41, 5.74) is 3.91. The molecule has 1 heterocycles. The Morgan fingerprint density at radius 3 is 2.64 bits per heavy atom. The normalized spacial score (nSPS) is 22.3. The molecule has 0 unspecified atom stereocenters. The van der Waals surface area contributed by atoms with Crippen LogP contribution in [-0.4, -0.2) is 21.8 Å². The number of allylic oxidation sites excluding steroid dienone is 2. The number of benzene rings is 1. The molecule has 0 amide bonds. The van der Waals surface area contributed by atoms with Crippen LogP contribution in [0.3, 0.4) is 0 Å². The molecule has 128 valence electrons. The molecule has 2 aromatic rings. The molecule has 1 N–H and O–H groups in total. The molecule has 0 spiro atoms. The van der Waals surface area contributed by atoms with Gasteiger partial charge in [-0.1, -0.05) is 30.3 Å². The molecule has 0 atom stereocenters. The van der Waals surface area contributed by atoms with Crippen LogP contribution >= 0.6 is 11.3 Å². The van der Waals surface area contributed by atoms with E-state index in [2.05, 4.69) is 11.1 Å². The average Bonchev–Trinajstić information content (AvgIpc) is 3.29. The lowest BCUT2D eigenvalue weighted by Crippen LogP contribution is -2.20. The first kappa shape index (κ1) is 16.2. The third kappa shape index (κ3) is 3.04. The third-order valence-corrected chi connectivity index (χ3v) is 6.15. The number of carbonyl (C=O) groups excluding carboxylic acids is 1. The van der Waals surface area contributed by atoms with Crippen molar-refractivity contribution in [1.29, 1.82) is 0 Å². The maximum Gasteiger partial charge on any atom is 0.306 e. The Labute approximate surface area is 150 Å². The minimum Gasteiger partial charge on any atom is -0.481 e. The summed E-state index contributed by atoms with van der Waals surface area (Å²) in [4.78, 5) is 28.5. The highest BCUT2D eigenvalue weighted by molar-refractivity contribution is 7.12. The lowest BCUT2D eigenvalue weighted by molar-refractivity contribution is -0.142. The van der Waals surface area contributed by atoms with Crippen LogP contribution in [0.5, 0.6) is 0 Å². The Kier molecular flexibility index (Phi) is 4.25. The minimum atomic E-state index is -0.695. The fourth-order valence-electron chi connectivity index (χ4n) is 3.83. The summed E-state index contributed by atoms with van der Waals surface area (Å²) in [5, 5.41) is 11.6. The Morgan fingerprint density at radius 1 is 1.12 bits per heavy atom. The summed E-state index contributed by atoms with van der Waals surface area (Å²) < 4.78 is 0. The van der Waals surface area contributed by atoms with Crippen molar-refractivity contribution in [2.45, 2.75) is 38.0 Å². The van der Waals surface area contributed by atoms with E-state index in [1.807, 2.05) is 29.7 Å². The zero-order valence-electron chi connectivity index (χ0n) is 13.8. The van der Waals surface area contributed by atoms with E-state index in [0.717, 1.165) is 36.1 Å². The molecule has 1 fully saturated rings. The summed E-state index contributed by atoms with van der Waals surface area (Å²) in [7, 11) is 0. The predicted octanol–water partition coefficient (Wildman–Crippen LogP) is 4.32. The predicted molar refractivity (Wildman–Crippen MR) is 96.9 cm³/mol. The second-order valence-electron chi connectivity index (χ2n) is 6.77. The minimum absolute atomic E-state index is 0.000391. The molecule has 2 aliphatic carbocycles. The van der Waals surface area contributed by atoms with E-state index in [0.29, 0.717) is 17.8 Å². The van der Waals surface area contributed by atoms with E-state index in [9.17, 15) is 9.59 Å². The zero-order chi connectivity index (χ0) is 17.4. The van der Waals surface area contributed by atoms with E-state index in [1.54, 1.807) is 0 Å². The van der Waals surface area contributed by atoms with E-state index in [1.165, 1.54) is 16.9 Å². The fraction of sp³-hybridized carbons (Fsp3) is 0.350. The van der Waals surface area contributed by atoms with Crippen LogP contribution in [0.1, 0.15) is 58.2 Å². The Bertz CT molecular complexity index is 859. The highest BCUT2D eigenvalue weighted by atomic mass is 32.1. The quantitative estimate of drug-likeness (QED) is 0.831. The van der Waals surface area contributed by atoms with Gasteiger partial charge in [0.15, 0.2) is 5.01 Å². The topological polar surface area (TPSA) is 67.3 Å². The van der Waals surface area contributed by atoms with Gasteiger partial charge in [0.2, 0.25) is 5.78 Å². The summed E-state index contributed by atoms with van der Waals surface area (Å²) in [6, 6.07) is 8.00. The lowest BCUT2D eigenvalue weighted by atomic mass is 9.81. The van der Waals surface area contributed by atoms with E-state index in [4.69, 9.17) is 5.11 Å². The first-order valence-electron chi connectivity index (χ1n) is 8.65. The van der Waals surface area contributed by atoms with Crippen molar-refractivity contribution >= 4 is 28.7 Å². The van der Waals surface area contributed by atoms with Crippen LogP contribution in [0.25, 0.3) is 5.57 Å². The Morgan fingerprint density at radius 2 is 1.88 bits per heavy atom. The van der Waals surface area contributed by atoms with Crippen LogP contribution in [0.15, 0.2) is 35.7 Å². The first-order chi connectivity index (χ1) is 12.1. The first-order valence-corrected chi connectivity index (χ1v) is 9.53. The number of fused-ring (bicyclic) bond motifs is 1. The number of carboxylic acids is 1. The number of hydrogen-bond donors (Lipinski definition) is 1. The molecular formula is C20H19NO3S. The van der Waals surface area contributed by atoms with Crippen molar-refractivity contribution in [3.05, 3.63) is 57.6 Å². The second-order valence-corrected chi connectivity index (χ2v) is 7.63. The van der Waals surface area contributed by atoms with Crippen LogP contribution in [0, 0.1) is 5.92 Å². The SMILES string of the molecule is O=C(C1=CCc2ccccc21)c1nc(C2CCC(C(=O)O)CC2)cs1. The Hall–Kier alpha value is -2.27. The van der Waals surface area contributed by atoms with Crippen molar-refractivity contribution in [3.63, 3.8) is 0 Å².